The Bertz CT molecular complexity index is 1210. The maximum atomic E-state index is 12.6. The van der Waals surface area contributed by atoms with Crippen molar-refractivity contribution >= 4 is 26.9 Å². The van der Waals surface area contributed by atoms with Gasteiger partial charge in [0.15, 0.2) is 5.82 Å². The number of aliphatic hydroxyl groups is 1. The van der Waals surface area contributed by atoms with Gasteiger partial charge in [0.2, 0.25) is 10.0 Å². The molecule has 2 N–H and O–H groups in total. The summed E-state index contributed by atoms with van der Waals surface area (Å²) in [7, 11) is -0.490. The number of sulfonamides is 1. The molecule has 0 amide bonds. The van der Waals surface area contributed by atoms with E-state index in [0.29, 0.717) is 54.0 Å². The molecular formula is C21H28N6O4S. The van der Waals surface area contributed by atoms with Gasteiger partial charge in [-0.05, 0) is 24.6 Å². The van der Waals surface area contributed by atoms with Crippen LogP contribution in [-0.4, -0.2) is 77.7 Å². The molecule has 0 saturated carbocycles. The van der Waals surface area contributed by atoms with Crippen molar-refractivity contribution in [1.82, 2.24) is 24.2 Å². The highest BCUT2D eigenvalue weighted by Gasteiger charge is 2.25. The van der Waals surface area contributed by atoms with E-state index in [2.05, 4.69) is 26.8 Å². The van der Waals surface area contributed by atoms with Crippen molar-refractivity contribution in [2.75, 3.05) is 38.8 Å². The third-order valence-electron chi connectivity index (χ3n) is 5.58. The first kappa shape index (κ1) is 22.6. The molecule has 0 aromatic carbocycles. The molecule has 0 radical (unpaired) electrons. The van der Waals surface area contributed by atoms with Crippen molar-refractivity contribution in [2.24, 2.45) is 0 Å². The number of nitrogens with one attached hydrogen (secondary N) is 1. The molecule has 3 aromatic heterocycles. The Kier molecular flexibility index (Phi) is 6.42. The predicted molar refractivity (Wildman–Crippen MR) is 122 cm³/mol. The fraction of sp³-hybridized carbons (Fsp3) is 0.476. The minimum atomic E-state index is -3.50. The maximum Gasteiger partial charge on any atom is 0.219 e. The van der Waals surface area contributed by atoms with Crippen LogP contribution in [0.5, 0.6) is 0 Å². The standard InChI is InChI=1S/C21H28N6O4S/c1-4-16-12-31-8-7-27(16)20-10-15(13-32(29,30)26(2)3)23-21(25-20)18-6-5-17-19(24-18)9-14(11-28)22-17/h5-6,9-10,16,22,28H,4,7-8,11-13H2,1-3H3/t16-/m0/s1. The van der Waals surface area contributed by atoms with Gasteiger partial charge in [0.05, 0.1) is 42.6 Å². The zero-order valence-corrected chi connectivity index (χ0v) is 19.3. The van der Waals surface area contributed by atoms with Crippen molar-refractivity contribution in [3.05, 3.63) is 35.7 Å². The molecule has 4 rings (SSSR count). The predicted octanol–water partition coefficient (Wildman–Crippen LogP) is 1.52. The van der Waals surface area contributed by atoms with E-state index >= 15 is 0 Å². The Hall–Kier alpha value is -2.60. The molecule has 3 aromatic rings. The lowest BCUT2D eigenvalue weighted by atomic mass is 10.1. The number of nitrogens with zero attached hydrogens (tertiary/aromatic N) is 5. The lowest BCUT2D eigenvalue weighted by molar-refractivity contribution is 0.0925. The number of aromatic nitrogens is 4. The molecule has 32 heavy (non-hydrogen) atoms. The van der Waals surface area contributed by atoms with Crippen molar-refractivity contribution in [3.8, 4) is 11.5 Å². The number of fused-ring (bicyclic) bond motifs is 1. The molecule has 1 aliphatic rings. The largest absolute Gasteiger partial charge is 0.390 e. The van der Waals surface area contributed by atoms with E-state index in [1.54, 1.807) is 18.2 Å². The van der Waals surface area contributed by atoms with E-state index < -0.39 is 10.0 Å². The molecule has 1 saturated heterocycles. The van der Waals surface area contributed by atoms with Gasteiger partial charge in [-0.15, -0.1) is 0 Å². The van der Waals surface area contributed by atoms with Crippen LogP contribution >= 0.6 is 0 Å². The summed E-state index contributed by atoms with van der Waals surface area (Å²) >= 11 is 0. The summed E-state index contributed by atoms with van der Waals surface area (Å²) in [6.07, 6.45) is 0.877. The third kappa shape index (κ3) is 4.60. The topological polar surface area (TPSA) is 125 Å². The van der Waals surface area contributed by atoms with Gasteiger partial charge < -0.3 is 19.7 Å². The number of anilines is 1. The lowest BCUT2D eigenvalue weighted by Gasteiger charge is -2.36. The summed E-state index contributed by atoms with van der Waals surface area (Å²) in [6.45, 7) is 3.82. The van der Waals surface area contributed by atoms with Gasteiger partial charge >= 0.3 is 0 Å². The maximum absolute atomic E-state index is 12.6. The van der Waals surface area contributed by atoms with Crippen molar-refractivity contribution < 1.29 is 18.3 Å². The van der Waals surface area contributed by atoms with E-state index in [4.69, 9.17) is 9.72 Å². The molecule has 0 bridgehead atoms. The van der Waals surface area contributed by atoms with Gasteiger partial charge in [0.25, 0.3) is 0 Å². The van der Waals surface area contributed by atoms with Gasteiger partial charge in [-0.2, -0.15) is 0 Å². The number of morpholine rings is 1. The Morgan fingerprint density at radius 2 is 2.06 bits per heavy atom. The van der Waals surface area contributed by atoms with E-state index in [9.17, 15) is 13.5 Å². The number of aromatic amines is 1. The highest BCUT2D eigenvalue weighted by atomic mass is 32.2. The van der Waals surface area contributed by atoms with E-state index in [-0.39, 0.29) is 18.4 Å². The molecular weight excluding hydrogens is 432 g/mol. The molecule has 0 spiro atoms. The lowest BCUT2D eigenvalue weighted by Crippen LogP contribution is -2.45. The normalized spacial score (nSPS) is 17.4. The second kappa shape index (κ2) is 9.10. The molecule has 0 aliphatic carbocycles. The Morgan fingerprint density at radius 3 is 2.78 bits per heavy atom. The average molecular weight is 461 g/mol. The van der Waals surface area contributed by atoms with Crippen LogP contribution in [0.15, 0.2) is 24.3 Å². The summed E-state index contributed by atoms with van der Waals surface area (Å²) in [5, 5.41) is 9.38. The van der Waals surface area contributed by atoms with Crippen LogP contribution in [0.3, 0.4) is 0 Å². The van der Waals surface area contributed by atoms with Crippen LogP contribution in [0.1, 0.15) is 24.7 Å². The molecule has 1 aliphatic heterocycles. The zero-order valence-electron chi connectivity index (χ0n) is 18.4. The number of ether oxygens (including phenoxy) is 1. The molecule has 4 heterocycles. The van der Waals surface area contributed by atoms with Crippen LogP contribution in [0.2, 0.25) is 0 Å². The second-order valence-electron chi connectivity index (χ2n) is 7.99. The number of rotatable bonds is 7. The second-order valence-corrected chi connectivity index (χ2v) is 10.2. The Balaban J connectivity index is 1.81. The first-order chi connectivity index (χ1) is 15.3. The highest BCUT2D eigenvalue weighted by molar-refractivity contribution is 7.88. The third-order valence-corrected chi connectivity index (χ3v) is 7.35. The van der Waals surface area contributed by atoms with Crippen LogP contribution in [-0.2, 0) is 27.1 Å². The number of pyridine rings is 1. The monoisotopic (exact) mass is 460 g/mol. The molecule has 172 valence electrons. The highest BCUT2D eigenvalue weighted by Crippen LogP contribution is 2.26. The fourth-order valence-corrected chi connectivity index (χ4v) is 4.48. The van der Waals surface area contributed by atoms with Crippen molar-refractivity contribution in [3.63, 3.8) is 0 Å². The number of aliphatic hydroxyl groups excluding tert-OH is 1. The van der Waals surface area contributed by atoms with Gasteiger partial charge in [-0.3, -0.25) is 0 Å². The van der Waals surface area contributed by atoms with Gasteiger partial charge in [0.1, 0.15) is 17.3 Å². The summed E-state index contributed by atoms with van der Waals surface area (Å²) in [6, 6.07) is 7.32. The Labute approximate surface area is 187 Å². The average Bonchev–Trinajstić information content (AvgIpc) is 3.21. The molecule has 0 unspecified atom stereocenters. The minimum Gasteiger partial charge on any atom is -0.390 e. The number of hydrogen-bond donors (Lipinski definition) is 2. The van der Waals surface area contributed by atoms with Crippen molar-refractivity contribution in [2.45, 2.75) is 31.7 Å². The number of H-pyrrole nitrogens is 1. The SMILES string of the molecule is CC[C@H]1COCCN1c1cc(CS(=O)(=O)N(C)C)nc(-c2ccc3[nH]c(CO)cc3n2)n1. The smallest absolute Gasteiger partial charge is 0.219 e. The van der Waals surface area contributed by atoms with Crippen LogP contribution < -0.4 is 4.90 Å². The first-order valence-electron chi connectivity index (χ1n) is 10.5. The molecule has 1 atom stereocenters. The summed E-state index contributed by atoms with van der Waals surface area (Å²) in [4.78, 5) is 19.2. The molecule has 10 nitrogen and oxygen atoms in total. The first-order valence-corrected chi connectivity index (χ1v) is 12.1. The van der Waals surface area contributed by atoms with Gasteiger partial charge in [-0.1, -0.05) is 6.92 Å². The summed E-state index contributed by atoms with van der Waals surface area (Å²) in [5.41, 5.74) is 3.08. The minimum absolute atomic E-state index is 0.111. The van der Waals surface area contributed by atoms with Crippen LogP contribution in [0.4, 0.5) is 5.82 Å². The zero-order chi connectivity index (χ0) is 22.9. The van der Waals surface area contributed by atoms with E-state index in [0.717, 1.165) is 11.9 Å². The van der Waals surface area contributed by atoms with E-state index in [1.807, 2.05) is 6.07 Å². The van der Waals surface area contributed by atoms with Gasteiger partial charge in [0, 0.05) is 32.4 Å². The molecule has 11 heteroatoms. The van der Waals surface area contributed by atoms with Crippen LogP contribution in [0, 0.1) is 0 Å². The van der Waals surface area contributed by atoms with Crippen molar-refractivity contribution in [1.29, 1.82) is 0 Å². The number of hydrogen-bond acceptors (Lipinski definition) is 8. The molecule has 1 fully saturated rings. The van der Waals surface area contributed by atoms with Crippen LogP contribution in [0.25, 0.3) is 22.6 Å². The summed E-state index contributed by atoms with van der Waals surface area (Å²) in [5.74, 6) is 0.799. The van der Waals surface area contributed by atoms with Gasteiger partial charge in [-0.25, -0.2) is 27.7 Å². The quantitative estimate of drug-likeness (QED) is 0.544. The Morgan fingerprint density at radius 1 is 1.25 bits per heavy atom. The van der Waals surface area contributed by atoms with E-state index in [1.165, 1.54) is 18.4 Å². The summed E-state index contributed by atoms with van der Waals surface area (Å²) < 4.78 is 31.9. The fourth-order valence-electron chi connectivity index (χ4n) is 3.70.